The third-order valence-electron chi connectivity index (χ3n) is 3.16. The lowest BCUT2D eigenvalue weighted by atomic mass is 10.1. The standard InChI is InChI=1S/C15H14N2O4/c1-10(2)16-14(8-5-12(9-18)15(16)19)11-3-6-13(7-4-11)17(20)21/h3-10H,1-2H3. The molecule has 1 aromatic heterocycles. The number of pyridine rings is 1. The van der Waals surface area contributed by atoms with E-state index in [1.54, 1.807) is 18.2 Å². The molecule has 1 heterocycles. The topological polar surface area (TPSA) is 82.2 Å². The van der Waals surface area contributed by atoms with Crippen molar-refractivity contribution in [3.05, 3.63) is 62.4 Å². The summed E-state index contributed by atoms with van der Waals surface area (Å²) in [6.45, 7) is 3.68. The summed E-state index contributed by atoms with van der Waals surface area (Å²) >= 11 is 0. The molecule has 0 saturated carbocycles. The van der Waals surface area contributed by atoms with E-state index in [-0.39, 0.29) is 22.9 Å². The van der Waals surface area contributed by atoms with Crippen molar-refractivity contribution in [2.75, 3.05) is 0 Å². The maximum absolute atomic E-state index is 12.2. The molecule has 0 unspecified atom stereocenters. The van der Waals surface area contributed by atoms with Gasteiger partial charge in [0.15, 0.2) is 6.29 Å². The molecule has 0 radical (unpaired) electrons. The van der Waals surface area contributed by atoms with Crippen LogP contribution in [-0.2, 0) is 0 Å². The van der Waals surface area contributed by atoms with E-state index in [0.29, 0.717) is 17.5 Å². The molecule has 21 heavy (non-hydrogen) atoms. The first-order chi connectivity index (χ1) is 9.95. The maximum atomic E-state index is 12.2. The molecule has 2 rings (SSSR count). The second kappa shape index (κ2) is 5.70. The number of rotatable bonds is 4. The van der Waals surface area contributed by atoms with Crippen LogP contribution in [0.1, 0.15) is 30.2 Å². The predicted molar refractivity (Wildman–Crippen MR) is 78.6 cm³/mol. The number of benzene rings is 1. The summed E-state index contributed by atoms with van der Waals surface area (Å²) in [6, 6.07) is 8.95. The van der Waals surface area contributed by atoms with E-state index in [1.165, 1.54) is 22.8 Å². The Morgan fingerprint density at radius 3 is 2.24 bits per heavy atom. The molecule has 0 saturated heterocycles. The summed E-state index contributed by atoms with van der Waals surface area (Å²) in [4.78, 5) is 33.3. The van der Waals surface area contributed by atoms with Gasteiger partial charge >= 0.3 is 0 Å². The van der Waals surface area contributed by atoms with Crippen LogP contribution in [0.4, 0.5) is 5.69 Å². The van der Waals surface area contributed by atoms with Crippen molar-refractivity contribution in [1.29, 1.82) is 0 Å². The molecule has 2 aromatic rings. The minimum atomic E-state index is -0.477. The first-order valence-electron chi connectivity index (χ1n) is 6.41. The Hall–Kier alpha value is -2.76. The Bertz CT molecular complexity index is 745. The van der Waals surface area contributed by atoms with Gasteiger partial charge in [0.2, 0.25) is 0 Å². The highest BCUT2D eigenvalue weighted by molar-refractivity contribution is 5.75. The Labute approximate surface area is 120 Å². The number of hydrogen-bond acceptors (Lipinski definition) is 4. The summed E-state index contributed by atoms with van der Waals surface area (Å²) in [5.41, 5.74) is 1.02. The average Bonchev–Trinajstić information content (AvgIpc) is 2.46. The van der Waals surface area contributed by atoms with Gasteiger partial charge in [-0.25, -0.2) is 0 Å². The Morgan fingerprint density at radius 1 is 1.14 bits per heavy atom. The Kier molecular flexibility index (Phi) is 3.98. The van der Waals surface area contributed by atoms with E-state index in [4.69, 9.17) is 0 Å². The van der Waals surface area contributed by atoms with Crippen LogP contribution in [0.15, 0.2) is 41.2 Å². The van der Waals surface area contributed by atoms with Crippen molar-refractivity contribution in [3.63, 3.8) is 0 Å². The lowest BCUT2D eigenvalue weighted by Crippen LogP contribution is -2.26. The number of nitro benzene ring substituents is 1. The van der Waals surface area contributed by atoms with Gasteiger partial charge < -0.3 is 4.57 Å². The zero-order chi connectivity index (χ0) is 15.6. The van der Waals surface area contributed by atoms with Crippen LogP contribution in [0.25, 0.3) is 11.3 Å². The minimum absolute atomic E-state index is 0.0123. The maximum Gasteiger partial charge on any atom is 0.269 e. The van der Waals surface area contributed by atoms with Crippen molar-refractivity contribution in [1.82, 2.24) is 4.57 Å². The van der Waals surface area contributed by atoms with Crippen LogP contribution in [-0.4, -0.2) is 15.8 Å². The van der Waals surface area contributed by atoms with Crippen LogP contribution < -0.4 is 5.56 Å². The fourth-order valence-corrected chi connectivity index (χ4v) is 2.16. The molecule has 1 aromatic carbocycles. The third kappa shape index (κ3) is 2.74. The highest BCUT2D eigenvalue weighted by Gasteiger charge is 2.13. The number of aldehydes is 1. The smallest absolute Gasteiger partial charge is 0.269 e. The third-order valence-corrected chi connectivity index (χ3v) is 3.16. The van der Waals surface area contributed by atoms with Gasteiger partial charge in [0.05, 0.1) is 16.2 Å². The van der Waals surface area contributed by atoms with E-state index in [9.17, 15) is 19.7 Å². The summed E-state index contributed by atoms with van der Waals surface area (Å²) in [5, 5.41) is 10.7. The Balaban J connectivity index is 2.63. The molecule has 108 valence electrons. The number of nitro groups is 1. The van der Waals surface area contributed by atoms with Crippen LogP contribution in [0, 0.1) is 10.1 Å². The van der Waals surface area contributed by atoms with Gasteiger partial charge in [0, 0.05) is 18.2 Å². The van der Waals surface area contributed by atoms with Crippen LogP contribution >= 0.6 is 0 Å². The molecule has 6 nitrogen and oxygen atoms in total. The van der Waals surface area contributed by atoms with Crippen molar-refractivity contribution in [2.24, 2.45) is 0 Å². The van der Waals surface area contributed by atoms with Gasteiger partial charge in [-0.05, 0) is 43.7 Å². The molecule has 0 amide bonds. The summed E-state index contributed by atoms with van der Waals surface area (Å²) in [5.74, 6) is 0. The molecule has 0 fully saturated rings. The van der Waals surface area contributed by atoms with E-state index < -0.39 is 4.92 Å². The fourth-order valence-electron chi connectivity index (χ4n) is 2.16. The Morgan fingerprint density at radius 2 is 1.76 bits per heavy atom. The zero-order valence-electron chi connectivity index (χ0n) is 11.6. The van der Waals surface area contributed by atoms with Crippen LogP contribution in [0.3, 0.4) is 0 Å². The van der Waals surface area contributed by atoms with E-state index in [1.807, 2.05) is 13.8 Å². The predicted octanol–water partition coefficient (Wildman–Crippen LogP) is 2.82. The van der Waals surface area contributed by atoms with Gasteiger partial charge in [-0.1, -0.05) is 0 Å². The lowest BCUT2D eigenvalue weighted by molar-refractivity contribution is -0.384. The first-order valence-corrected chi connectivity index (χ1v) is 6.41. The molecule has 6 heteroatoms. The van der Waals surface area contributed by atoms with E-state index in [0.717, 1.165) is 0 Å². The molecule has 0 aliphatic heterocycles. The van der Waals surface area contributed by atoms with Crippen molar-refractivity contribution in [2.45, 2.75) is 19.9 Å². The van der Waals surface area contributed by atoms with Gasteiger partial charge in [0.1, 0.15) is 0 Å². The fraction of sp³-hybridized carbons (Fsp3) is 0.200. The molecule has 0 bridgehead atoms. The van der Waals surface area contributed by atoms with Gasteiger partial charge in [-0.3, -0.25) is 19.7 Å². The largest absolute Gasteiger partial charge is 0.305 e. The minimum Gasteiger partial charge on any atom is -0.305 e. The molecular formula is C15H14N2O4. The second-order valence-electron chi connectivity index (χ2n) is 4.86. The summed E-state index contributed by atoms with van der Waals surface area (Å²) in [6.07, 6.45) is 0.529. The zero-order valence-corrected chi connectivity index (χ0v) is 11.6. The number of hydrogen-bond donors (Lipinski definition) is 0. The van der Waals surface area contributed by atoms with E-state index >= 15 is 0 Å². The highest BCUT2D eigenvalue weighted by atomic mass is 16.6. The highest BCUT2D eigenvalue weighted by Crippen LogP contribution is 2.23. The number of carbonyl (C=O) groups excluding carboxylic acids is 1. The first kappa shape index (κ1) is 14.6. The van der Waals surface area contributed by atoms with Crippen molar-refractivity contribution >= 4 is 12.0 Å². The summed E-state index contributed by atoms with van der Waals surface area (Å²) < 4.78 is 1.50. The molecule has 0 aliphatic rings. The van der Waals surface area contributed by atoms with E-state index in [2.05, 4.69) is 0 Å². The molecule has 0 spiro atoms. The van der Waals surface area contributed by atoms with Gasteiger partial charge in [-0.15, -0.1) is 0 Å². The summed E-state index contributed by atoms with van der Waals surface area (Å²) in [7, 11) is 0. The number of carbonyl (C=O) groups is 1. The van der Waals surface area contributed by atoms with Crippen LogP contribution in [0.2, 0.25) is 0 Å². The molecule has 0 N–H and O–H groups in total. The second-order valence-corrected chi connectivity index (χ2v) is 4.86. The number of non-ortho nitro benzene ring substituents is 1. The van der Waals surface area contributed by atoms with Crippen LogP contribution in [0.5, 0.6) is 0 Å². The van der Waals surface area contributed by atoms with Gasteiger partial charge in [-0.2, -0.15) is 0 Å². The van der Waals surface area contributed by atoms with Gasteiger partial charge in [0.25, 0.3) is 11.2 Å². The normalized spacial score (nSPS) is 10.6. The molecule has 0 atom stereocenters. The number of aromatic nitrogens is 1. The molecule has 0 aliphatic carbocycles. The lowest BCUT2D eigenvalue weighted by Gasteiger charge is -2.17. The average molecular weight is 286 g/mol. The SMILES string of the molecule is CC(C)n1c(-c2ccc([N+](=O)[O-])cc2)ccc(C=O)c1=O. The monoisotopic (exact) mass is 286 g/mol. The number of nitrogens with zero attached hydrogens (tertiary/aromatic N) is 2. The molecular weight excluding hydrogens is 272 g/mol. The van der Waals surface area contributed by atoms with Crippen molar-refractivity contribution in [3.8, 4) is 11.3 Å². The quantitative estimate of drug-likeness (QED) is 0.491. The van der Waals surface area contributed by atoms with Crippen molar-refractivity contribution < 1.29 is 9.72 Å².